The lowest BCUT2D eigenvalue weighted by molar-refractivity contribution is -0.132. The van der Waals surface area contributed by atoms with E-state index in [0.717, 1.165) is 19.3 Å². The van der Waals surface area contributed by atoms with Gasteiger partial charge < -0.3 is 19.9 Å². The fraction of sp³-hybridized carbons (Fsp3) is 0.200. The second-order valence-corrected chi connectivity index (χ2v) is 7.02. The molecule has 6 heteroatoms. The molecule has 3 aromatic carbocycles. The van der Waals surface area contributed by atoms with Gasteiger partial charge in [0.1, 0.15) is 5.75 Å². The minimum Gasteiger partial charge on any atom is -0.503 e. The lowest BCUT2D eigenvalue weighted by Crippen LogP contribution is -2.12. The van der Waals surface area contributed by atoms with Gasteiger partial charge in [-0.25, -0.2) is 0 Å². The second kappa shape index (κ2) is 10.8. The summed E-state index contributed by atoms with van der Waals surface area (Å²) in [5.41, 5.74) is 1.89. The molecule has 0 aliphatic carbocycles. The Bertz CT molecular complexity index is 1020. The van der Waals surface area contributed by atoms with Crippen LogP contribution in [0.4, 0.5) is 5.69 Å². The van der Waals surface area contributed by atoms with Gasteiger partial charge in [0.15, 0.2) is 11.5 Å². The predicted octanol–water partition coefficient (Wildman–Crippen LogP) is 4.97. The molecule has 0 heterocycles. The molecule has 1 amide bonds. The number of amides is 1. The Balaban J connectivity index is 1.48. The number of benzene rings is 3. The molecule has 0 saturated heterocycles. The molecule has 0 aliphatic heterocycles. The smallest absolute Gasteiger partial charge is 0.308 e. The molecule has 2 N–H and O–H groups in total. The van der Waals surface area contributed by atoms with E-state index in [2.05, 4.69) is 17.4 Å². The molecule has 0 unspecified atom stereocenters. The van der Waals surface area contributed by atoms with E-state index in [-0.39, 0.29) is 17.2 Å². The molecule has 3 aromatic rings. The topological polar surface area (TPSA) is 84.9 Å². The number of hydrogen-bond donors (Lipinski definition) is 2. The number of hydrogen-bond acceptors (Lipinski definition) is 5. The number of phenols is 1. The highest BCUT2D eigenvalue weighted by molar-refractivity contribution is 6.05. The van der Waals surface area contributed by atoms with Gasteiger partial charge in [0, 0.05) is 12.5 Å². The first-order chi connectivity index (χ1) is 15.0. The summed E-state index contributed by atoms with van der Waals surface area (Å²) in [5, 5.41) is 12.8. The molecule has 0 spiro atoms. The van der Waals surface area contributed by atoms with Crippen LogP contribution >= 0.6 is 0 Å². The summed E-state index contributed by atoms with van der Waals surface area (Å²) in [6, 6.07) is 21.7. The lowest BCUT2D eigenvalue weighted by atomic mass is 10.1. The van der Waals surface area contributed by atoms with Gasteiger partial charge in [0.2, 0.25) is 0 Å². The zero-order chi connectivity index (χ0) is 22.1. The first-order valence-electron chi connectivity index (χ1n) is 10.1. The highest BCUT2D eigenvalue weighted by Gasteiger charge is 2.13. The summed E-state index contributed by atoms with van der Waals surface area (Å²) in [6.45, 7) is 1.84. The molecule has 31 heavy (non-hydrogen) atoms. The van der Waals surface area contributed by atoms with Crippen molar-refractivity contribution in [2.75, 3.05) is 11.9 Å². The van der Waals surface area contributed by atoms with Gasteiger partial charge in [-0.05, 0) is 61.2 Å². The number of esters is 1. The number of nitrogens with one attached hydrogen (secondary N) is 1. The SMILES string of the molecule is CC(=O)Oc1cccc(NC(=O)c2ccc(OCCCCc3ccccc3)cc2)c1O. The van der Waals surface area contributed by atoms with Crippen molar-refractivity contribution in [2.24, 2.45) is 0 Å². The summed E-state index contributed by atoms with van der Waals surface area (Å²) in [7, 11) is 0. The predicted molar refractivity (Wildman–Crippen MR) is 119 cm³/mol. The fourth-order valence-corrected chi connectivity index (χ4v) is 3.02. The third-order valence-electron chi connectivity index (χ3n) is 4.59. The molecule has 3 rings (SSSR count). The molecular formula is C25H25NO5. The number of carbonyl (C=O) groups excluding carboxylic acids is 2. The number of ether oxygens (including phenoxy) is 2. The zero-order valence-corrected chi connectivity index (χ0v) is 17.3. The van der Waals surface area contributed by atoms with Crippen molar-refractivity contribution < 1.29 is 24.2 Å². The number of rotatable bonds is 9. The minimum atomic E-state index is -0.561. The zero-order valence-electron chi connectivity index (χ0n) is 17.3. The van der Waals surface area contributed by atoms with Gasteiger partial charge in [-0.1, -0.05) is 36.4 Å². The minimum absolute atomic E-state index is 0.0127. The van der Waals surface area contributed by atoms with E-state index in [9.17, 15) is 14.7 Å². The lowest BCUT2D eigenvalue weighted by Gasteiger charge is -2.11. The monoisotopic (exact) mass is 419 g/mol. The molecule has 0 atom stereocenters. The van der Waals surface area contributed by atoms with Crippen LogP contribution in [0.3, 0.4) is 0 Å². The summed E-state index contributed by atoms with van der Waals surface area (Å²) in [6.07, 6.45) is 3.00. The van der Waals surface area contributed by atoms with Gasteiger partial charge >= 0.3 is 5.97 Å². The van der Waals surface area contributed by atoms with Crippen LogP contribution in [-0.2, 0) is 11.2 Å². The van der Waals surface area contributed by atoms with Crippen molar-refractivity contribution in [3.05, 3.63) is 83.9 Å². The molecule has 0 saturated carbocycles. The van der Waals surface area contributed by atoms with Crippen molar-refractivity contribution in [3.8, 4) is 17.2 Å². The van der Waals surface area contributed by atoms with Crippen LogP contribution in [0.1, 0.15) is 35.7 Å². The number of carbonyl (C=O) groups is 2. The number of unbranched alkanes of at least 4 members (excludes halogenated alkanes) is 1. The van der Waals surface area contributed by atoms with Crippen LogP contribution in [-0.4, -0.2) is 23.6 Å². The molecule has 0 fully saturated rings. The van der Waals surface area contributed by atoms with Crippen LogP contribution in [0.5, 0.6) is 17.2 Å². The summed E-state index contributed by atoms with van der Waals surface area (Å²) in [4.78, 5) is 23.6. The van der Waals surface area contributed by atoms with Crippen molar-refractivity contribution in [1.82, 2.24) is 0 Å². The standard InChI is InChI=1S/C25H25NO5/c1-18(27)31-23-12-7-11-22(24(23)28)26-25(29)20-13-15-21(16-14-20)30-17-6-5-10-19-8-3-2-4-9-19/h2-4,7-9,11-16,28H,5-6,10,17H2,1H3,(H,26,29). The number of aromatic hydroxyl groups is 1. The fourth-order valence-electron chi connectivity index (χ4n) is 3.02. The Kier molecular flexibility index (Phi) is 7.65. The van der Waals surface area contributed by atoms with Crippen molar-refractivity contribution in [3.63, 3.8) is 0 Å². The largest absolute Gasteiger partial charge is 0.503 e. The van der Waals surface area contributed by atoms with Gasteiger partial charge in [0.05, 0.1) is 12.3 Å². The third-order valence-corrected chi connectivity index (χ3v) is 4.59. The van der Waals surface area contributed by atoms with Gasteiger partial charge in [-0.3, -0.25) is 9.59 Å². The third kappa shape index (κ3) is 6.60. The molecule has 0 bridgehead atoms. The van der Waals surface area contributed by atoms with E-state index < -0.39 is 11.9 Å². The molecule has 0 radical (unpaired) electrons. The molecule has 160 valence electrons. The summed E-state index contributed by atoms with van der Waals surface area (Å²) in [5.74, 6) is -0.585. The maximum atomic E-state index is 12.5. The highest BCUT2D eigenvalue weighted by Crippen LogP contribution is 2.34. The van der Waals surface area contributed by atoms with Crippen molar-refractivity contribution in [2.45, 2.75) is 26.2 Å². The van der Waals surface area contributed by atoms with Crippen LogP contribution in [0.15, 0.2) is 72.8 Å². The maximum absolute atomic E-state index is 12.5. The Morgan fingerprint density at radius 1 is 0.903 bits per heavy atom. The maximum Gasteiger partial charge on any atom is 0.308 e. The van der Waals surface area contributed by atoms with E-state index in [1.807, 2.05) is 18.2 Å². The number of phenolic OH excluding ortho intramolecular Hbond substituents is 1. The summed E-state index contributed by atoms with van der Waals surface area (Å²) >= 11 is 0. The van der Waals surface area contributed by atoms with E-state index in [1.165, 1.54) is 24.6 Å². The van der Waals surface area contributed by atoms with Crippen LogP contribution in [0, 0.1) is 0 Å². The number of aryl methyl sites for hydroxylation is 1. The molecule has 0 aliphatic rings. The number of anilines is 1. The Morgan fingerprint density at radius 2 is 1.65 bits per heavy atom. The average molecular weight is 419 g/mol. The molecule has 6 nitrogen and oxygen atoms in total. The first kappa shape index (κ1) is 21.9. The summed E-state index contributed by atoms with van der Waals surface area (Å²) < 4.78 is 10.7. The average Bonchev–Trinajstić information content (AvgIpc) is 2.77. The van der Waals surface area contributed by atoms with Gasteiger partial charge in [-0.15, -0.1) is 0 Å². The van der Waals surface area contributed by atoms with E-state index in [0.29, 0.717) is 17.9 Å². The quantitative estimate of drug-likeness (QED) is 0.221. The number of para-hydroxylation sites is 1. The highest BCUT2D eigenvalue weighted by atomic mass is 16.5. The van der Waals surface area contributed by atoms with Crippen LogP contribution < -0.4 is 14.8 Å². The molecular weight excluding hydrogens is 394 g/mol. The van der Waals surface area contributed by atoms with Crippen molar-refractivity contribution in [1.29, 1.82) is 0 Å². The van der Waals surface area contributed by atoms with Crippen LogP contribution in [0.25, 0.3) is 0 Å². The van der Waals surface area contributed by atoms with Crippen molar-refractivity contribution >= 4 is 17.6 Å². The van der Waals surface area contributed by atoms with Gasteiger partial charge in [-0.2, -0.15) is 0 Å². The normalized spacial score (nSPS) is 10.4. The van der Waals surface area contributed by atoms with Gasteiger partial charge in [0.25, 0.3) is 5.91 Å². The first-order valence-corrected chi connectivity index (χ1v) is 10.1. The Labute approximate surface area is 181 Å². The molecule has 0 aromatic heterocycles. The Morgan fingerprint density at radius 3 is 2.35 bits per heavy atom. The van der Waals surface area contributed by atoms with Crippen LogP contribution in [0.2, 0.25) is 0 Å². The Hall–Kier alpha value is -3.80. The van der Waals surface area contributed by atoms with E-state index in [1.54, 1.807) is 30.3 Å². The second-order valence-electron chi connectivity index (χ2n) is 7.02. The van der Waals surface area contributed by atoms with E-state index in [4.69, 9.17) is 9.47 Å². The van der Waals surface area contributed by atoms with E-state index >= 15 is 0 Å².